The molecule has 1 aliphatic heterocycles. The van der Waals surface area contributed by atoms with Gasteiger partial charge in [0.1, 0.15) is 5.75 Å². The van der Waals surface area contributed by atoms with Gasteiger partial charge >= 0.3 is 0 Å². The molecule has 6 nitrogen and oxygen atoms in total. The van der Waals surface area contributed by atoms with Crippen molar-refractivity contribution in [2.45, 2.75) is 11.8 Å². The molecule has 0 unspecified atom stereocenters. The predicted octanol–water partition coefficient (Wildman–Crippen LogP) is 2.69. The minimum atomic E-state index is -3.57. The van der Waals surface area contributed by atoms with Crippen molar-refractivity contribution < 1.29 is 17.9 Å². The third-order valence-corrected chi connectivity index (χ3v) is 7.01. The van der Waals surface area contributed by atoms with Crippen LogP contribution in [0.4, 0.5) is 0 Å². The van der Waals surface area contributed by atoms with E-state index in [4.69, 9.17) is 4.74 Å². The van der Waals surface area contributed by atoms with E-state index in [9.17, 15) is 13.2 Å². The van der Waals surface area contributed by atoms with Gasteiger partial charge in [0, 0.05) is 37.1 Å². The van der Waals surface area contributed by atoms with Crippen LogP contribution < -0.4 is 4.74 Å². The summed E-state index contributed by atoms with van der Waals surface area (Å²) in [4.78, 5) is 15.2. The van der Waals surface area contributed by atoms with Crippen LogP contribution in [-0.4, -0.2) is 56.3 Å². The van der Waals surface area contributed by atoms with Gasteiger partial charge in [-0.15, -0.1) is 11.3 Å². The molecule has 0 atom stereocenters. The van der Waals surface area contributed by atoms with E-state index < -0.39 is 10.0 Å². The Hall–Kier alpha value is -2.16. The van der Waals surface area contributed by atoms with Crippen LogP contribution in [0.15, 0.2) is 52.7 Å². The Balaban J connectivity index is 1.59. The van der Waals surface area contributed by atoms with Gasteiger partial charge in [0.05, 0.1) is 11.5 Å². The minimum absolute atomic E-state index is 0.0958. The Kier molecular flexibility index (Phi) is 6.30. The number of thiophene rings is 1. The maximum atomic E-state index is 12.8. The second kappa shape index (κ2) is 8.69. The molecule has 8 heteroatoms. The topological polar surface area (TPSA) is 66.9 Å². The molecule has 0 bridgehead atoms. The number of amides is 1. The van der Waals surface area contributed by atoms with Crippen LogP contribution in [0.2, 0.25) is 0 Å². The molecular weight excluding hydrogens is 384 g/mol. The van der Waals surface area contributed by atoms with E-state index >= 15 is 0 Å². The van der Waals surface area contributed by atoms with Crippen molar-refractivity contribution in [1.29, 1.82) is 0 Å². The highest BCUT2D eigenvalue weighted by Gasteiger charge is 2.29. The lowest BCUT2D eigenvalue weighted by Gasteiger charge is -2.33. The van der Waals surface area contributed by atoms with E-state index in [1.807, 2.05) is 24.4 Å². The zero-order valence-corrected chi connectivity index (χ0v) is 16.7. The van der Waals surface area contributed by atoms with Crippen LogP contribution in [0.1, 0.15) is 11.8 Å². The molecular formula is C19H22N2O4S2. The Bertz CT molecular complexity index is 882. The maximum absolute atomic E-state index is 12.8. The number of nitrogens with zero attached hydrogens (tertiary/aromatic N) is 2. The number of carbonyl (C=O) groups excluding carboxylic acids is 1. The molecule has 144 valence electrons. The molecule has 1 aromatic heterocycles. The number of piperazine rings is 1. The van der Waals surface area contributed by atoms with Gasteiger partial charge in [-0.1, -0.05) is 6.07 Å². The first-order chi connectivity index (χ1) is 13.0. The van der Waals surface area contributed by atoms with Gasteiger partial charge in [-0.25, -0.2) is 8.42 Å². The fraction of sp³-hybridized carbons (Fsp3) is 0.316. The highest BCUT2D eigenvalue weighted by Crippen LogP contribution is 2.21. The van der Waals surface area contributed by atoms with Crippen molar-refractivity contribution in [3.8, 4) is 5.75 Å². The molecule has 1 amide bonds. The van der Waals surface area contributed by atoms with Gasteiger partial charge in [0.2, 0.25) is 15.9 Å². The van der Waals surface area contributed by atoms with Crippen molar-refractivity contribution in [2.24, 2.45) is 0 Å². The fourth-order valence-corrected chi connectivity index (χ4v) is 4.86. The normalized spacial score (nSPS) is 16.0. The van der Waals surface area contributed by atoms with Crippen LogP contribution in [0.25, 0.3) is 6.08 Å². The molecule has 0 aliphatic carbocycles. The highest BCUT2D eigenvalue weighted by molar-refractivity contribution is 7.89. The highest BCUT2D eigenvalue weighted by atomic mass is 32.2. The molecule has 27 heavy (non-hydrogen) atoms. The summed E-state index contributed by atoms with van der Waals surface area (Å²) < 4.78 is 32.3. The zero-order valence-electron chi connectivity index (χ0n) is 15.1. The summed E-state index contributed by atoms with van der Waals surface area (Å²) in [7, 11) is -3.57. The number of rotatable bonds is 6. The molecule has 1 aromatic carbocycles. The van der Waals surface area contributed by atoms with Crippen molar-refractivity contribution in [2.75, 3.05) is 32.8 Å². The summed E-state index contributed by atoms with van der Waals surface area (Å²) in [5.41, 5.74) is 0. The van der Waals surface area contributed by atoms with Gasteiger partial charge in [-0.05, 0) is 48.7 Å². The van der Waals surface area contributed by atoms with E-state index in [-0.39, 0.29) is 23.9 Å². The van der Waals surface area contributed by atoms with E-state index in [1.54, 1.807) is 52.7 Å². The number of hydrogen-bond acceptors (Lipinski definition) is 5. The Labute approximate surface area is 163 Å². The summed E-state index contributed by atoms with van der Waals surface area (Å²) >= 11 is 1.56. The van der Waals surface area contributed by atoms with Crippen molar-refractivity contribution >= 4 is 33.3 Å². The molecule has 2 aromatic rings. The maximum Gasteiger partial charge on any atom is 0.246 e. The molecule has 2 heterocycles. The van der Waals surface area contributed by atoms with Crippen LogP contribution in [0.3, 0.4) is 0 Å². The molecule has 0 N–H and O–H groups in total. The molecule has 1 fully saturated rings. The number of carbonyl (C=O) groups is 1. The van der Waals surface area contributed by atoms with Gasteiger partial charge in [0.15, 0.2) is 0 Å². The van der Waals surface area contributed by atoms with E-state index in [2.05, 4.69) is 0 Å². The van der Waals surface area contributed by atoms with E-state index in [1.165, 1.54) is 4.31 Å². The molecule has 0 spiro atoms. The van der Waals surface area contributed by atoms with Gasteiger partial charge in [0.25, 0.3) is 0 Å². The molecule has 0 saturated carbocycles. The minimum Gasteiger partial charge on any atom is -0.494 e. The van der Waals surface area contributed by atoms with Crippen molar-refractivity contribution in [1.82, 2.24) is 9.21 Å². The SMILES string of the molecule is CCOc1ccc(S(=O)(=O)N2CCN(C(=O)C=Cc3cccs3)CC2)cc1. The lowest BCUT2D eigenvalue weighted by Crippen LogP contribution is -2.50. The first-order valence-electron chi connectivity index (χ1n) is 8.74. The van der Waals surface area contributed by atoms with Crippen LogP contribution >= 0.6 is 11.3 Å². The Morgan fingerprint density at radius 2 is 1.85 bits per heavy atom. The van der Waals surface area contributed by atoms with Gasteiger partial charge < -0.3 is 9.64 Å². The van der Waals surface area contributed by atoms with Crippen molar-refractivity contribution in [3.05, 3.63) is 52.7 Å². The van der Waals surface area contributed by atoms with Crippen LogP contribution in [0.5, 0.6) is 5.75 Å². The summed E-state index contributed by atoms with van der Waals surface area (Å²) in [6.45, 7) is 3.74. The summed E-state index contributed by atoms with van der Waals surface area (Å²) in [6.07, 6.45) is 3.33. The molecule has 1 aliphatic rings. The third-order valence-electron chi connectivity index (χ3n) is 4.26. The monoisotopic (exact) mass is 406 g/mol. The number of sulfonamides is 1. The second-order valence-corrected chi connectivity index (χ2v) is 8.90. The average Bonchev–Trinajstić information content (AvgIpc) is 3.20. The molecule has 1 saturated heterocycles. The van der Waals surface area contributed by atoms with Gasteiger partial charge in [-0.2, -0.15) is 4.31 Å². The smallest absolute Gasteiger partial charge is 0.246 e. The van der Waals surface area contributed by atoms with Crippen LogP contribution in [-0.2, 0) is 14.8 Å². The van der Waals surface area contributed by atoms with Crippen LogP contribution in [0, 0.1) is 0 Å². The summed E-state index contributed by atoms with van der Waals surface area (Å²) in [5.74, 6) is 0.547. The lowest BCUT2D eigenvalue weighted by atomic mass is 10.3. The third kappa shape index (κ3) is 4.77. The van der Waals surface area contributed by atoms with Gasteiger partial charge in [-0.3, -0.25) is 4.79 Å². The largest absolute Gasteiger partial charge is 0.494 e. The number of hydrogen-bond donors (Lipinski definition) is 0. The molecule has 3 rings (SSSR count). The Morgan fingerprint density at radius 3 is 2.44 bits per heavy atom. The molecule has 0 radical (unpaired) electrons. The number of ether oxygens (including phenoxy) is 1. The van der Waals surface area contributed by atoms with Crippen molar-refractivity contribution in [3.63, 3.8) is 0 Å². The summed E-state index contributed by atoms with van der Waals surface area (Å²) in [5, 5.41) is 1.95. The first-order valence-corrected chi connectivity index (χ1v) is 11.1. The van der Waals surface area contributed by atoms with E-state index in [0.717, 1.165) is 4.88 Å². The zero-order chi connectivity index (χ0) is 19.3. The Morgan fingerprint density at radius 1 is 1.15 bits per heavy atom. The quantitative estimate of drug-likeness (QED) is 0.692. The standard InChI is InChI=1S/C19H22N2O4S2/c1-2-25-16-5-8-18(9-6-16)27(23,24)21-13-11-20(12-14-21)19(22)10-7-17-4-3-15-26-17/h3-10,15H,2,11-14H2,1H3. The number of benzene rings is 1. The predicted molar refractivity (Wildman–Crippen MR) is 106 cm³/mol. The average molecular weight is 407 g/mol. The van der Waals surface area contributed by atoms with E-state index in [0.29, 0.717) is 25.4 Å². The lowest BCUT2D eigenvalue weighted by molar-refractivity contribution is -0.127. The second-order valence-electron chi connectivity index (χ2n) is 5.98. The fourth-order valence-electron chi connectivity index (χ4n) is 2.82. The summed E-state index contributed by atoms with van der Waals surface area (Å²) in [6, 6.07) is 10.3. The first kappa shape index (κ1) is 19.6.